The van der Waals surface area contributed by atoms with Gasteiger partial charge in [0, 0.05) is 24.9 Å². The predicted molar refractivity (Wildman–Crippen MR) is 191 cm³/mol. The van der Waals surface area contributed by atoms with Crippen LogP contribution in [-0.2, 0) is 25.4 Å². The molecule has 3 fully saturated rings. The van der Waals surface area contributed by atoms with Crippen LogP contribution in [0.3, 0.4) is 0 Å². The molecule has 4 amide bonds. The zero-order valence-corrected chi connectivity index (χ0v) is 30.1. The topological polar surface area (TPSA) is 210 Å². The van der Waals surface area contributed by atoms with Crippen LogP contribution in [-0.4, -0.2) is 71.7 Å². The Labute approximate surface area is 303 Å². The lowest BCUT2D eigenvalue weighted by molar-refractivity contribution is -0.139. The SMILES string of the molecule is Cc1nc2ccc(F)cc2[nH]c1=O.NC(=O)c1cc(C2CC2)on1.O=C1N[C@@H](C(=O)NS(=O)C2CC2)C/C=C\CCCCCCC(=O)N2CCCC12. The Morgan fingerprint density at radius 3 is 2.50 bits per heavy atom. The number of amides is 4. The van der Waals surface area contributed by atoms with E-state index < -0.39 is 34.9 Å². The molecule has 2 aliphatic heterocycles. The zero-order valence-electron chi connectivity index (χ0n) is 29.2. The number of benzene rings is 1. The second-order valence-electron chi connectivity index (χ2n) is 13.5. The Morgan fingerprint density at radius 1 is 1.02 bits per heavy atom. The molecular formula is C36H46FN7O7S. The number of rotatable bonds is 5. The van der Waals surface area contributed by atoms with Gasteiger partial charge in [-0.05, 0) is 89.3 Å². The fourth-order valence-electron chi connectivity index (χ4n) is 5.87. The Kier molecular flexibility index (Phi) is 13.4. The summed E-state index contributed by atoms with van der Waals surface area (Å²) < 4.78 is 32.2. The van der Waals surface area contributed by atoms with E-state index in [0.717, 1.165) is 70.0 Å². The molecule has 280 valence electrons. The minimum absolute atomic E-state index is 0.0292. The largest absolute Gasteiger partial charge is 0.364 e. The summed E-state index contributed by atoms with van der Waals surface area (Å²) in [6, 6.07) is 4.45. The summed E-state index contributed by atoms with van der Waals surface area (Å²) in [5.74, 6) is -0.305. The molecule has 4 aliphatic rings. The van der Waals surface area contributed by atoms with Gasteiger partial charge in [0.1, 0.15) is 40.3 Å². The van der Waals surface area contributed by atoms with Crippen molar-refractivity contribution in [3.63, 3.8) is 0 Å². The third-order valence-electron chi connectivity index (χ3n) is 9.17. The summed E-state index contributed by atoms with van der Waals surface area (Å²) >= 11 is 0. The van der Waals surface area contributed by atoms with Crippen molar-refractivity contribution in [2.45, 2.75) is 114 Å². The molecule has 5 N–H and O–H groups in total. The Hall–Kier alpha value is -4.73. The van der Waals surface area contributed by atoms with Crippen LogP contribution in [0.5, 0.6) is 0 Å². The highest BCUT2D eigenvalue weighted by Gasteiger charge is 2.36. The number of halogens is 1. The van der Waals surface area contributed by atoms with Gasteiger partial charge in [0.15, 0.2) is 5.69 Å². The summed E-state index contributed by atoms with van der Waals surface area (Å²) in [4.78, 5) is 67.9. The summed E-state index contributed by atoms with van der Waals surface area (Å²) in [5.41, 5.74) is 6.35. The van der Waals surface area contributed by atoms with Gasteiger partial charge < -0.3 is 25.5 Å². The van der Waals surface area contributed by atoms with Crippen LogP contribution in [0, 0.1) is 12.7 Å². The van der Waals surface area contributed by atoms with Crippen LogP contribution in [0.1, 0.15) is 111 Å². The Morgan fingerprint density at radius 2 is 1.79 bits per heavy atom. The van der Waals surface area contributed by atoms with Gasteiger partial charge in [-0.2, -0.15) is 0 Å². The molecule has 4 heterocycles. The first-order chi connectivity index (χ1) is 25.0. The standard InChI is InChI=1S/C20H31N3O4S.C9H7FN2O.C7H8N2O2/c24-18-11-7-5-3-1-2-4-6-9-16(19(25)22-28(27)15-12-13-15)21-20(26)17-10-8-14-23(17)18;1-5-9(13)12-8-4-6(10)2-3-7(8)11-5;8-7(10)5-3-6(11-9-5)4-1-2-4/h4,6,15-17H,1-3,5,7-14H2,(H,21,26)(H,22,25);2-4H,1H3,(H,12,13);3-4H,1-2H2,(H2,8,10)/b6-4-;;/t16-,17?,28?;;/m1../s1. The highest BCUT2D eigenvalue weighted by Crippen LogP contribution is 2.40. The molecule has 0 radical (unpaired) electrons. The first-order valence-corrected chi connectivity index (χ1v) is 19.1. The maximum Gasteiger partial charge on any atom is 0.270 e. The molecule has 2 aromatic heterocycles. The van der Waals surface area contributed by atoms with Crippen LogP contribution in [0.2, 0.25) is 0 Å². The maximum atomic E-state index is 12.8. The number of hydrogen-bond donors (Lipinski definition) is 4. The smallest absolute Gasteiger partial charge is 0.270 e. The number of fused-ring (bicyclic) bond motifs is 2. The highest BCUT2D eigenvalue weighted by molar-refractivity contribution is 7.84. The van der Waals surface area contributed by atoms with Crippen molar-refractivity contribution in [3.8, 4) is 0 Å². The first-order valence-electron chi connectivity index (χ1n) is 17.9. The third-order valence-corrected chi connectivity index (χ3v) is 10.7. The number of aromatic nitrogens is 3. The molecule has 2 saturated carbocycles. The lowest BCUT2D eigenvalue weighted by atomic mass is 10.1. The van der Waals surface area contributed by atoms with Crippen LogP contribution < -0.4 is 21.3 Å². The quantitative estimate of drug-likeness (QED) is 0.281. The van der Waals surface area contributed by atoms with Gasteiger partial charge in [0.05, 0.1) is 16.3 Å². The molecule has 3 atom stereocenters. The number of aromatic amines is 1. The minimum Gasteiger partial charge on any atom is -0.364 e. The van der Waals surface area contributed by atoms with Gasteiger partial charge in [-0.25, -0.2) is 13.6 Å². The fourth-order valence-corrected chi connectivity index (χ4v) is 6.95. The van der Waals surface area contributed by atoms with Gasteiger partial charge in [0.2, 0.25) is 11.8 Å². The predicted octanol–water partition coefficient (Wildman–Crippen LogP) is 3.73. The summed E-state index contributed by atoms with van der Waals surface area (Å²) in [6.07, 6.45) is 15.1. The number of aryl methyl sites for hydroxylation is 1. The molecule has 3 aromatic rings. The normalized spacial score (nSPS) is 22.2. The zero-order chi connectivity index (χ0) is 37.2. The molecule has 0 bridgehead atoms. The van der Waals surface area contributed by atoms with E-state index in [4.69, 9.17) is 10.3 Å². The Bertz CT molecular complexity index is 1870. The van der Waals surface area contributed by atoms with Gasteiger partial charge in [0.25, 0.3) is 17.4 Å². The number of carbonyl (C=O) groups is 4. The average Bonchev–Trinajstić information content (AvgIpc) is 4.05. The number of nitrogens with zero attached hydrogens (tertiary/aromatic N) is 3. The monoisotopic (exact) mass is 739 g/mol. The molecule has 14 nitrogen and oxygen atoms in total. The van der Waals surface area contributed by atoms with Gasteiger partial charge >= 0.3 is 0 Å². The van der Waals surface area contributed by atoms with E-state index in [1.165, 1.54) is 18.2 Å². The van der Waals surface area contributed by atoms with Crippen molar-refractivity contribution in [2.75, 3.05) is 6.54 Å². The van der Waals surface area contributed by atoms with E-state index in [-0.39, 0.29) is 34.1 Å². The second kappa shape index (κ2) is 18.2. The lowest BCUT2D eigenvalue weighted by Gasteiger charge is -2.26. The van der Waals surface area contributed by atoms with Crippen molar-refractivity contribution >= 4 is 45.6 Å². The Balaban J connectivity index is 0.000000177. The van der Waals surface area contributed by atoms with Gasteiger partial charge in [-0.15, -0.1) is 0 Å². The molecule has 2 unspecified atom stereocenters. The molecule has 7 rings (SSSR count). The molecule has 16 heteroatoms. The number of primary amides is 1. The van der Waals surface area contributed by atoms with Crippen LogP contribution in [0.4, 0.5) is 4.39 Å². The van der Waals surface area contributed by atoms with Crippen molar-refractivity contribution in [2.24, 2.45) is 5.73 Å². The molecule has 1 aromatic carbocycles. The summed E-state index contributed by atoms with van der Waals surface area (Å²) in [7, 11) is -1.39. The van der Waals surface area contributed by atoms with E-state index in [9.17, 15) is 32.6 Å². The lowest BCUT2D eigenvalue weighted by Crippen LogP contribution is -2.53. The second-order valence-corrected chi connectivity index (χ2v) is 15.0. The average molecular weight is 740 g/mol. The highest BCUT2D eigenvalue weighted by atomic mass is 32.2. The number of hydrogen-bond acceptors (Lipinski definition) is 9. The number of nitrogens with one attached hydrogen (secondary N) is 3. The molecule has 1 saturated heterocycles. The van der Waals surface area contributed by atoms with Crippen molar-refractivity contribution < 1.29 is 32.3 Å². The van der Waals surface area contributed by atoms with Crippen molar-refractivity contribution in [3.05, 3.63) is 69.7 Å². The van der Waals surface area contributed by atoms with Crippen LogP contribution >= 0.6 is 0 Å². The number of nitrogens with two attached hydrogens (primary N) is 1. The van der Waals surface area contributed by atoms with E-state index in [2.05, 4.69) is 25.2 Å². The van der Waals surface area contributed by atoms with Gasteiger partial charge in [-0.3, -0.25) is 28.7 Å². The molecule has 52 heavy (non-hydrogen) atoms. The van der Waals surface area contributed by atoms with Crippen LogP contribution in [0.15, 0.2) is 45.7 Å². The maximum absolute atomic E-state index is 12.8. The minimum atomic E-state index is -1.39. The fraction of sp³-hybridized carbons (Fsp3) is 0.528. The number of H-pyrrole nitrogens is 1. The molecule has 2 aliphatic carbocycles. The van der Waals surface area contributed by atoms with E-state index >= 15 is 0 Å². The first kappa shape index (κ1) is 38.5. The molecule has 0 spiro atoms. The van der Waals surface area contributed by atoms with E-state index in [0.29, 0.717) is 48.5 Å². The summed E-state index contributed by atoms with van der Waals surface area (Å²) in [6.45, 7) is 2.21. The van der Waals surface area contributed by atoms with Crippen LogP contribution in [0.25, 0.3) is 11.0 Å². The van der Waals surface area contributed by atoms with E-state index in [1.54, 1.807) is 17.9 Å². The number of allylic oxidation sites excluding steroid dienone is 1. The number of carbonyl (C=O) groups excluding carboxylic acids is 4. The summed E-state index contributed by atoms with van der Waals surface area (Å²) in [5, 5.41) is 6.38. The third kappa shape index (κ3) is 11.1. The molecular weight excluding hydrogens is 694 g/mol. The van der Waals surface area contributed by atoms with Crippen molar-refractivity contribution in [1.82, 2.24) is 30.1 Å². The van der Waals surface area contributed by atoms with Crippen molar-refractivity contribution in [1.29, 1.82) is 0 Å². The van der Waals surface area contributed by atoms with E-state index in [1.807, 2.05) is 12.2 Å². The van der Waals surface area contributed by atoms with Gasteiger partial charge in [-0.1, -0.05) is 30.2 Å².